The molecule has 1 aliphatic rings. The predicted molar refractivity (Wildman–Crippen MR) is 72.6 cm³/mol. The maximum absolute atomic E-state index is 12.6. The first kappa shape index (κ1) is 16.3. The van der Waals surface area contributed by atoms with Crippen LogP contribution in [0.1, 0.15) is 36.5 Å². The lowest BCUT2D eigenvalue weighted by molar-refractivity contribution is -0.137. The molecule has 1 atom stereocenters. The van der Waals surface area contributed by atoms with E-state index in [1.54, 1.807) is 0 Å². The summed E-state index contributed by atoms with van der Waals surface area (Å²) in [6.45, 7) is 1.01. The van der Waals surface area contributed by atoms with Gasteiger partial charge in [-0.25, -0.2) is 0 Å². The van der Waals surface area contributed by atoms with E-state index in [0.717, 1.165) is 31.4 Å². The van der Waals surface area contributed by atoms with Gasteiger partial charge < -0.3 is 15.5 Å². The zero-order valence-electron chi connectivity index (χ0n) is 11.7. The van der Waals surface area contributed by atoms with Crippen LogP contribution in [0.3, 0.4) is 0 Å². The fourth-order valence-electron chi connectivity index (χ4n) is 2.44. The number of hydrogen-bond acceptors (Lipinski definition) is 3. The van der Waals surface area contributed by atoms with Gasteiger partial charge in [0.05, 0.1) is 11.7 Å². The lowest BCUT2D eigenvalue weighted by atomic mass is 10.0. The summed E-state index contributed by atoms with van der Waals surface area (Å²) in [6.07, 6.45) is -2.57. The Kier molecular flexibility index (Phi) is 4.91. The van der Waals surface area contributed by atoms with Crippen LogP contribution in [0, 0.1) is 5.41 Å². The number of rotatable bonds is 7. The molecule has 1 saturated carbocycles. The van der Waals surface area contributed by atoms with Gasteiger partial charge in [0.25, 0.3) is 0 Å². The van der Waals surface area contributed by atoms with Gasteiger partial charge in [-0.05, 0) is 42.4 Å². The highest BCUT2D eigenvalue weighted by Gasteiger charge is 2.41. The van der Waals surface area contributed by atoms with E-state index in [4.69, 9.17) is 5.11 Å². The summed E-state index contributed by atoms with van der Waals surface area (Å²) in [5.74, 6) is 0. The summed E-state index contributed by atoms with van der Waals surface area (Å²) in [6, 6.07) is 4.76. The van der Waals surface area contributed by atoms with Crippen LogP contribution in [0.15, 0.2) is 24.3 Å². The fraction of sp³-hybridized carbons (Fsp3) is 0.600. The minimum atomic E-state index is -4.40. The van der Waals surface area contributed by atoms with Crippen molar-refractivity contribution in [2.24, 2.45) is 5.41 Å². The lowest BCUT2D eigenvalue weighted by Crippen LogP contribution is -2.29. The Balaban J connectivity index is 1.87. The largest absolute Gasteiger partial charge is 0.416 e. The number of aliphatic hydroxyl groups is 2. The number of halogens is 3. The van der Waals surface area contributed by atoms with Crippen molar-refractivity contribution in [3.8, 4) is 0 Å². The second-order valence-electron chi connectivity index (χ2n) is 5.74. The molecule has 3 N–H and O–H groups in total. The maximum Gasteiger partial charge on any atom is 0.416 e. The SMILES string of the molecule is OCCC1(CNCC(O)c2cccc(C(F)(F)F)c2)CC1. The zero-order valence-corrected chi connectivity index (χ0v) is 11.7. The standard InChI is InChI=1S/C15H20F3NO2/c16-15(17,18)12-3-1-2-11(8-12)13(21)9-19-10-14(4-5-14)6-7-20/h1-3,8,13,19-21H,4-7,9-10H2. The van der Waals surface area contributed by atoms with E-state index < -0.39 is 17.8 Å². The topological polar surface area (TPSA) is 52.5 Å². The number of aliphatic hydroxyl groups excluding tert-OH is 2. The van der Waals surface area contributed by atoms with Crippen LogP contribution >= 0.6 is 0 Å². The van der Waals surface area contributed by atoms with Crippen molar-refractivity contribution in [1.29, 1.82) is 0 Å². The van der Waals surface area contributed by atoms with E-state index in [1.165, 1.54) is 12.1 Å². The molecule has 2 rings (SSSR count). The molecule has 0 spiro atoms. The van der Waals surface area contributed by atoms with Gasteiger partial charge in [0.2, 0.25) is 0 Å². The van der Waals surface area contributed by atoms with E-state index in [2.05, 4.69) is 5.32 Å². The lowest BCUT2D eigenvalue weighted by Gasteiger charge is -2.18. The summed E-state index contributed by atoms with van der Waals surface area (Å²) >= 11 is 0. The Labute approximate surface area is 121 Å². The predicted octanol–water partition coefficient (Wildman–Crippen LogP) is 2.49. The van der Waals surface area contributed by atoms with Crippen LogP contribution in [-0.2, 0) is 6.18 Å². The van der Waals surface area contributed by atoms with Crippen LogP contribution in [-0.4, -0.2) is 29.9 Å². The number of alkyl halides is 3. The van der Waals surface area contributed by atoms with E-state index in [9.17, 15) is 18.3 Å². The van der Waals surface area contributed by atoms with Crippen LogP contribution in [0.25, 0.3) is 0 Å². The summed E-state index contributed by atoms with van der Waals surface area (Å²) < 4.78 is 37.8. The number of benzene rings is 1. The molecule has 3 nitrogen and oxygen atoms in total. The van der Waals surface area contributed by atoms with Crippen molar-refractivity contribution < 1.29 is 23.4 Å². The molecule has 1 aromatic carbocycles. The Bertz CT molecular complexity index is 472. The molecule has 21 heavy (non-hydrogen) atoms. The third-order valence-electron chi connectivity index (χ3n) is 4.04. The highest BCUT2D eigenvalue weighted by Crippen LogP contribution is 2.47. The second-order valence-corrected chi connectivity index (χ2v) is 5.74. The molecule has 0 saturated heterocycles. The van der Waals surface area contributed by atoms with Crippen molar-refractivity contribution in [2.45, 2.75) is 31.5 Å². The Morgan fingerprint density at radius 2 is 2.00 bits per heavy atom. The zero-order chi connectivity index (χ0) is 15.5. The molecule has 1 aliphatic carbocycles. The summed E-state index contributed by atoms with van der Waals surface area (Å²) in [4.78, 5) is 0. The Morgan fingerprint density at radius 1 is 1.29 bits per heavy atom. The van der Waals surface area contributed by atoms with Gasteiger partial charge >= 0.3 is 6.18 Å². The van der Waals surface area contributed by atoms with E-state index in [0.29, 0.717) is 6.54 Å². The highest BCUT2D eigenvalue weighted by molar-refractivity contribution is 5.27. The Morgan fingerprint density at radius 3 is 2.57 bits per heavy atom. The van der Waals surface area contributed by atoms with Gasteiger partial charge in [0.15, 0.2) is 0 Å². The molecule has 118 valence electrons. The molecular formula is C15H20F3NO2. The van der Waals surface area contributed by atoms with Gasteiger partial charge in [-0.1, -0.05) is 12.1 Å². The summed E-state index contributed by atoms with van der Waals surface area (Å²) in [5.41, 5.74) is -0.384. The van der Waals surface area contributed by atoms with Crippen molar-refractivity contribution >= 4 is 0 Å². The highest BCUT2D eigenvalue weighted by atomic mass is 19.4. The van der Waals surface area contributed by atoms with Gasteiger partial charge in [0, 0.05) is 19.7 Å². The van der Waals surface area contributed by atoms with Crippen LogP contribution < -0.4 is 5.32 Å². The van der Waals surface area contributed by atoms with E-state index >= 15 is 0 Å². The molecule has 0 aliphatic heterocycles. The monoisotopic (exact) mass is 303 g/mol. The first-order valence-electron chi connectivity index (χ1n) is 7.03. The molecule has 6 heteroatoms. The quantitative estimate of drug-likeness (QED) is 0.725. The van der Waals surface area contributed by atoms with Crippen molar-refractivity contribution in [3.63, 3.8) is 0 Å². The second kappa shape index (κ2) is 6.34. The number of nitrogens with one attached hydrogen (secondary N) is 1. The third kappa shape index (κ3) is 4.43. The van der Waals surface area contributed by atoms with E-state index in [1.807, 2.05) is 0 Å². The van der Waals surface area contributed by atoms with Crippen molar-refractivity contribution in [1.82, 2.24) is 5.32 Å². The first-order valence-corrected chi connectivity index (χ1v) is 7.03. The summed E-state index contributed by atoms with van der Waals surface area (Å²) in [5, 5.41) is 22.0. The van der Waals surface area contributed by atoms with Crippen LogP contribution in [0.4, 0.5) is 13.2 Å². The molecular weight excluding hydrogens is 283 g/mol. The molecule has 0 bridgehead atoms. The van der Waals surface area contributed by atoms with E-state index in [-0.39, 0.29) is 24.1 Å². The molecule has 0 amide bonds. The molecule has 0 aromatic heterocycles. The van der Waals surface area contributed by atoms with Crippen LogP contribution in [0.5, 0.6) is 0 Å². The molecule has 1 fully saturated rings. The smallest absolute Gasteiger partial charge is 0.396 e. The third-order valence-corrected chi connectivity index (χ3v) is 4.04. The van der Waals surface area contributed by atoms with Crippen molar-refractivity contribution in [3.05, 3.63) is 35.4 Å². The van der Waals surface area contributed by atoms with Gasteiger partial charge in [0.1, 0.15) is 0 Å². The molecule has 1 unspecified atom stereocenters. The summed E-state index contributed by atoms with van der Waals surface area (Å²) in [7, 11) is 0. The van der Waals surface area contributed by atoms with Gasteiger partial charge in [-0.3, -0.25) is 0 Å². The first-order chi connectivity index (χ1) is 9.86. The van der Waals surface area contributed by atoms with Crippen LogP contribution in [0.2, 0.25) is 0 Å². The maximum atomic E-state index is 12.6. The minimum Gasteiger partial charge on any atom is -0.396 e. The van der Waals surface area contributed by atoms with Crippen molar-refractivity contribution in [2.75, 3.05) is 19.7 Å². The normalized spacial score (nSPS) is 18.5. The average Bonchev–Trinajstić information content (AvgIpc) is 3.18. The average molecular weight is 303 g/mol. The minimum absolute atomic E-state index is 0.113. The molecule has 0 heterocycles. The fourth-order valence-corrected chi connectivity index (χ4v) is 2.44. The van der Waals surface area contributed by atoms with Gasteiger partial charge in [-0.2, -0.15) is 13.2 Å². The Hall–Kier alpha value is -1.11. The number of hydrogen-bond donors (Lipinski definition) is 3. The molecule has 0 radical (unpaired) electrons. The molecule has 1 aromatic rings. The van der Waals surface area contributed by atoms with Gasteiger partial charge in [-0.15, -0.1) is 0 Å².